The van der Waals surface area contributed by atoms with E-state index >= 15 is 0 Å². The van der Waals surface area contributed by atoms with E-state index in [1.54, 1.807) is 0 Å². The number of rotatable bonds is 4. The lowest BCUT2D eigenvalue weighted by Crippen LogP contribution is -2.33. The molecule has 1 unspecified atom stereocenters. The Morgan fingerprint density at radius 3 is 2.88 bits per heavy atom. The molecule has 0 aliphatic carbocycles. The van der Waals surface area contributed by atoms with Crippen LogP contribution < -0.4 is 10.1 Å². The largest absolute Gasteiger partial charge is 0.490 e. The molecule has 3 nitrogen and oxygen atoms in total. The van der Waals surface area contributed by atoms with E-state index in [1.807, 2.05) is 0 Å². The highest BCUT2D eigenvalue weighted by Gasteiger charge is 2.25. The van der Waals surface area contributed by atoms with Gasteiger partial charge in [0.2, 0.25) is 0 Å². The molecule has 1 atom stereocenters. The lowest BCUT2D eigenvalue weighted by Gasteiger charge is -2.26. The third-order valence-corrected chi connectivity index (χ3v) is 2.83. The lowest BCUT2D eigenvalue weighted by molar-refractivity contribution is 0.201. The SMILES string of the molecule is OCCNCC1COc2c(F)ccc(F)c2C1. The van der Waals surface area contributed by atoms with E-state index < -0.39 is 11.6 Å². The van der Waals surface area contributed by atoms with Crippen molar-refractivity contribution in [3.05, 3.63) is 29.3 Å². The van der Waals surface area contributed by atoms with E-state index in [0.29, 0.717) is 31.7 Å². The Morgan fingerprint density at radius 2 is 2.12 bits per heavy atom. The first kappa shape index (κ1) is 12.3. The molecule has 0 spiro atoms. The fourth-order valence-corrected chi connectivity index (χ4v) is 1.99. The van der Waals surface area contributed by atoms with E-state index in [1.165, 1.54) is 0 Å². The Kier molecular flexibility index (Phi) is 3.91. The standard InChI is InChI=1S/C12H15F2NO2/c13-10-1-2-11(14)12-9(10)5-8(7-17-12)6-15-3-4-16/h1-2,8,15-16H,3-7H2. The van der Waals surface area contributed by atoms with Gasteiger partial charge < -0.3 is 15.2 Å². The Labute approximate surface area is 98.4 Å². The van der Waals surface area contributed by atoms with E-state index in [2.05, 4.69) is 5.32 Å². The highest BCUT2D eigenvalue weighted by atomic mass is 19.1. The van der Waals surface area contributed by atoms with Crippen molar-refractivity contribution in [3.63, 3.8) is 0 Å². The maximum absolute atomic E-state index is 13.5. The van der Waals surface area contributed by atoms with Crippen LogP contribution in [-0.2, 0) is 6.42 Å². The van der Waals surface area contributed by atoms with Gasteiger partial charge in [0.1, 0.15) is 5.82 Å². The summed E-state index contributed by atoms with van der Waals surface area (Å²) in [7, 11) is 0. The number of hydrogen-bond acceptors (Lipinski definition) is 3. The molecule has 0 fully saturated rings. The second-order valence-electron chi connectivity index (χ2n) is 4.15. The molecule has 1 aliphatic heterocycles. The van der Waals surface area contributed by atoms with Gasteiger partial charge in [0.15, 0.2) is 11.6 Å². The maximum atomic E-state index is 13.5. The van der Waals surface area contributed by atoms with E-state index in [4.69, 9.17) is 9.84 Å². The fourth-order valence-electron chi connectivity index (χ4n) is 1.99. The Balaban J connectivity index is 2.05. The van der Waals surface area contributed by atoms with Gasteiger partial charge in [0.05, 0.1) is 13.2 Å². The summed E-state index contributed by atoms with van der Waals surface area (Å²) in [5.74, 6) is -0.787. The van der Waals surface area contributed by atoms with Crippen LogP contribution in [0.2, 0.25) is 0 Å². The summed E-state index contributed by atoms with van der Waals surface area (Å²) in [6, 6.07) is 2.21. The zero-order chi connectivity index (χ0) is 12.3. The number of halogens is 2. The number of fused-ring (bicyclic) bond motifs is 1. The quantitative estimate of drug-likeness (QED) is 0.778. The molecule has 2 rings (SSSR count). The summed E-state index contributed by atoms with van der Waals surface area (Å²) in [5, 5.41) is 11.7. The average Bonchev–Trinajstić information content (AvgIpc) is 2.34. The first-order chi connectivity index (χ1) is 8.22. The second-order valence-corrected chi connectivity index (χ2v) is 4.15. The second kappa shape index (κ2) is 5.42. The average molecular weight is 243 g/mol. The number of hydrogen-bond donors (Lipinski definition) is 2. The summed E-state index contributed by atoms with van der Waals surface area (Å²) < 4.78 is 32.1. The van der Waals surface area contributed by atoms with Crippen molar-refractivity contribution in [1.82, 2.24) is 5.32 Å². The summed E-state index contributed by atoms with van der Waals surface area (Å²) in [5.41, 5.74) is 0.312. The van der Waals surface area contributed by atoms with Gasteiger partial charge in [-0.15, -0.1) is 0 Å². The molecular formula is C12H15F2NO2. The zero-order valence-corrected chi connectivity index (χ0v) is 9.38. The third kappa shape index (κ3) is 2.73. The fraction of sp³-hybridized carbons (Fsp3) is 0.500. The van der Waals surface area contributed by atoms with Crippen molar-refractivity contribution in [3.8, 4) is 5.75 Å². The van der Waals surface area contributed by atoms with Crippen molar-refractivity contribution in [1.29, 1.82) is 0 Å². The molecule has 0 radical (unpaired) electrons. The first-order valence-corrected chi connectivity index (χ1v) is 5.63. The van der Waals surface area contributed by atoms with Crippen molar-refractivity contribution in [2.75, 3.05) is 26.3 Å². The molecule has 0 amide bonds. The molecule has 0 bridgehead atoms. The maximum Gasteiger partial charge on any atom is 0.165 e. The first-order valence-electron chi connectivity index (χ1n) is 5.63. The Hall–Kier alpha value is -1.20. The molecule has 5 heteroatoms. The molecule has 0 saturated carbocycles. The van der Waals surface area contributed by atoms with Gasteiger partial charge in [-0.2, -0.15) is 0 Å². The highest BCUT2D eigenvalue weighted by molar-refractivity contribution is 5.38. The third-order valence-electron chi connectivity index (χ3n) is 2.83. The Morgan fingerprint density at radius 1 is 1.35 bits per heavy atom. The van der Waals surface area contributed by atoms with Crippen LogP contribution in [0.25, 0.3) is 0 Å². The normalized spacial score (nSPS) is 18.6. The van der Waals surface area contributed by atoms with Crippen molar-refractivity contribution in [2.45, 2.75) is 6.42 Å². The number of aliphatic hydroxyl groups excluding tert-OH is 1. The van der Waals surface area contributed by atoms with Crippen LogP contribution in [0.4, 0.5) is 8.78 Å². The summed E-state index contributed by atoms with van der Waals surface area (Å²) in [4.78, 5) is 0. The molecule has 1 heterocycles. The van der Waals surface area contributed by atoms with Gasteiger partial charge in [-0.1, -0.05) is 0 Å². The van der Waals surface area contributed by atoms with E-state index in [9.17, 15) is 8.78 Å². The molecule has 1 aliphatic rings. The minimum atomic E-state index is -0.511. The monoisotopic (exact) mass is 243 g/mol. The molecular weight excluding hydrogens is 228 g/mol. The van der Waals surface area contributed by atoms with Crippen molar-refractivity contribution >= 4 is 0 Å². The molecule has 0 saturated heterocycles. The number of benzene rings is 1. The zero-order valence-electron chi connectivity index (χ0n) is 9.38. The summed E-state index contributed by atoms with van der Waals surface area (Å²) >= 11 is 0. The van der Waals surface area contributed by atoms with Crippen LogP contribution in [0.1, 0.15) is 5.56 Å². The molecule has 94 valence electrons. The topological polar surface area (TPSA) is 41.5 Å². The van der Waals surface area contributed by atoms with Gasteiger partial charge in [0.25, 0.3) is 0 Å². The van der Waals surface area contributed by atoms with Gasteiger partial charge in [-0.05, 0) is 18.6 Å². The Bertz CT molecular complexity index is 398. The van der Waals surface area contributed by atoms with E-state index in [0.717, 1.165) is 12.1 Å². The lowest BCUT2D eigenvalue weighted by atomic mass is 9.96. The predicted molar refractivity (Wildman–Crippen MR) is 59.0 cm³/mol. The minimum Gasteiger partial charge on any atom is -0.490 e. The molecule has 1 aromatic carbocycles. The van der Waals surface area contributed by atoms with Crippen LogP contribution in [0.3, 0.4) is 0 Å². The van der Waals surface area contributed by atoms with Gasteiger partial charge in [0, 0.05) is 24.6 Å². The summed E-state index contributed by atoms with van der Waals surface area (Å²) in [6.07, 6.45) is 0.456. The number of aliphatic hydroxyl groups is 1. The molecule has 0 aromatic heterocycles. The smallest absolute Gasteiger partial charge is 0.165 e. The molecule has 1 aromatic rings. The van der Waals surface area contributed by atoms with Crippen molar-refractivity contribution in [2.24, 2.45) is 5.92 Å². The number of nitrogens with one attached hydrogen (secondary N) is 1. The summed E-state index contributed by atoms with van der Waals surface area (Å²) in [6.45, 7) is 1.55. The van der Waals surface area contributed by atoms with Crippen LogP contribution in [0.5, 0.6) is 5.75 Å². The van der Waals surface area contributed by atoms with Crippen LogP contribution in [-0.4, -0.2) is 31.4 Å². The van der Waals surface area contributed by atoms with Crippen molar-refractivity contribution < 1.29 is 18.6 Å². The van der Waals surface area contributed by atoms with Crippen LogP contribution >= 0.6 is 0 Å². The van der Waals surface area contributed by atoms with Gasteiger partial charge in [-0.25, -0.2) is 8.78 Å². The van der Waals surface area contributed by atoms with Gasteiger partial charge >= 0.3 is 0 Å². The van der Waals surface area contributed by atoms with Crippen LogP contribution in [0.15, 0.2) is 12.1 Å². The predicted octanol–water partition coefficient (Wildman–Crippen LogP) is 1.10. The number of ether oxygens (including phenoxy) is 1. The molecule has 17 heavy (non-hydrogen) atoms. The molecule has 2 N–H and O–H groups in total. The minimum absolute atomic E-state index is 0.0448. The van der Waals surface area contributed by atoms with E-state index in [-0.39, 0.29) is 18.3 Å². The highest BCUT2D eigenvalue weighted by Crippen LogP contribution is 2.31. The van der Waals surface area contributed by atoms with Gasteiger partial charge in [-0.3, -0.25) is 0 Å². The van der Waals surface area contributed by atoms with Crippen LogP contribution in [0, 0.1) is 17.6 Å².